The molecule has 0 aliphatic heterocycles. The van der Waals surface area contributed by atoms with Gasteiger partial charge in [0.25, 0.3) is 0 Å². The monoisotopic (exact) mass is 676 g/mol. The van der Waals surface area contributed by atoms with Crippen molar-refractivity contribution in [3.63, 3.8) is 0 Å². The SMILES string of the molecule is Cn1ccnc1-c1ccc2c3ccccc3n(-c3cccc(C4(c5ccccn5)c5ccc(C(C)(C)C)cc5-c5cc(C(C)(C)C)ccc54)c3)c2c1. The van der Waals surface area contributed by atoms with Gasteiger partial charge < -0.3 is 9.13 Å². The lowest BCUT2D eigenvalue weighted by Crippen LogP contribution is -2.30. The van der Waals surface area contributed by atoms with Crippen molar-refractivity contribution in [2.75, 3.05) is 0 Å². The van der Waals surface area contributed by atoms with Crippen LogP contribution < -0.4 is 0 Å². The molecule has 0 saturated heterocycles. The number of hydrogen-bond acceptors (Lipinski definition) is 2. The largest absolute Gasteiger partial charge is 0.334 e. The van der Waals surface area contributed by atoms with Crippen LogP contribution in [0.5, 0.6) is 0 Å². The van der Waals surface area contributed by atoms with Crippen LogP contribution in [-0.4, -0.2) is 19.1 Å². The Hall–Kier alpha value is -5.74. The molecular formula is C48H44N4. The van der Waals surface area contributed by atoms with Crippen molar-refractivity contribution in [1.29, 1.82) is 0 Å². The van der Waals surface area contributed by atoms with Gasteiger partial charge in [-0.1, -0.05) is 126 Å². The second-order valence-corrected chi connectivity index (χ2v) is 16.5. The van der Waals surface area contributed by atoms with E-state index in [1.54, 1.807) is 0 Å². The summed E-state index contributed by atoms with van der Waals surface area (Å²) in [6.07, 6.45) is 5.81. The molecular weight excluding hydrogens is 633 g/mol. The molecule has 0 amide bonds. The van der Waals surface area contributed by atoms with Gasteiger partial charge in [0.05, 0.1) is 22.1 Å². The zero-order chi connectivity index (χ0) is 36.0. The Kier molecular flexibility index (Phi) is 7.05. The first kappa shape index (κ1) is 32.2. The van der Waals surface area contributed by atoms with Crippen molar-refractivity contribution >= 4 is 21.8 Å². The van der Waals surface area contributed by atoms with Gasteiger partial charge in [0, 0.05) is 47.7 Å². The Bertz CT molecular complexity index is 2600. The van der Waals surface area contributed by atoms with Crippen LogP contribution in [0.25, 0.3) is 50.0 Å². The van der Waals surface area contributed by atoms with Gasteiger partial charge in [0.15, 0.2) is 0 Å². The van der Waals surface area contributed by atoms with Gasteiger partial charge in [-0.15, -0.1) is 0 Å². The highest BCUT2D eigenvalue weighted by molar-refractivity contribution is 6.10. The third-order valence-corrected chi connectivity index (χ3v) is 11.2. The molecule has 0 fully saturated rings. The molecule has 5 aromatic carbocycles. The molecule has 9 rings (SSSR count). The molecule has 4 nitrogen and oxygen atoms in total. The van der Waals surface area contributed by atoms with Crippen molar-refractivity contribution in [2.45, 2.75) is 57.8 Å². The maximum atomic E-state index is 5.17. The number of rotatable bonds is 4. The summed E-state index contributed by atoms with van der Waals surface area (Å²) in [5.74, 6) is 0.949. The van der Waals surface area contributed by atoms with Crippen molar-refractivity contribution in [3.05, 3.63) is 173 Å². The number of fused-ring (bicyclic) bond motifs is 6. The zero-order valence-corrected chi connectivity index (χ0v) is 31.1. The molecule has 4 heteroatoms. The van der Waals surface area contributed by atoms with Crippen molar-refractivity contribution in [3.8, 4) is 28.2 Å². The number of imidazole rings is 1. The summed E-state index contributed by atoms with van der Waals surface area (Å²) in [6, 6.07) is 45.3. The number of benzene rings is 5. The highest BCUT2D eigenvalue weighted by atomic mass is 15.0. The fourth-order valence-corrected chi connectivity index (χ4v) is 8.50. The van der Waals surface area contributed by atoms with Gasteiger partial charge in [-0.05, 0) is 86.2 Å². The van der Waals surface area contributed by atoms with Crippen LogP contribution in [0.15, 0.2) is 140 Å². The lowest BCUT2D eigenvalue weighted by atomic mass is 9.69. The number of pyridine rings is 1. The maximum Gasteiger partial charge on any atom is 0.139 e. The van der Waals surface area contributed by atoms with E-state index in [1.165, 1.54) is 55.2 Å². The Morgan fingerprint density at radius 1 is 0.558 bits per heavy atom. The van der Waals surface area contributed by atoms with Crippen LogP contribution in [0.4, 0.5) is 0 Å². The van der Waals surface area contributed by atoms with Crippen molar-refractivity contribution < 1.29 is 0 Å². The van der Waals surface area contributed by atoms with Crippen molar-refractivity contribution in [1.82, 2.24) is 19.1 Å². The number of aryl methyl sites for hydroxylation is 1. The Labute approximate surface area is 306 Å². The van der Waals surface area contributed by atoms with Crippen LogP contribution in [-0.2, 0) is 23.3 Å². The van der Waals surface area contributed by atoms with Crippen LogP contribution >= 0.6 is 0 Å². The lowest BCUT2D eigenvalue weighted by Gasteiger charge is -2.33. The minimum absolute atomic E-state index is 0.0112. The van der Waals surface area contributed by atoms with Gasteiger partial charge in [0.1, 0.15) is 5.82 Å². The summed E-state index contributed by atoms with van der Waals surface area (Å²) < 4.78 is 4.51. The molecule has 8 aromatic rings. The summed E-state index contributed by atoms with van der Waals surface area (Å²) in [7, 11) is 2.05. The molecule has 1 aliphatic rings. The zero-order valence-electron chi connectivity index (χ0n) is 31.1. The molecule has 0 spiro atoms. The highest BCUT2D eigenvalue weighted by Crippen LogP contribution is 2.57. The summed E-state index contributed by atoms with van der Waals surface area (Å²) in [5, 5.41) is 2.45. The van der Waals surface area contributed by atoms with Crippen LogP contribution in [0, 0.1) is 0 Å². The van der Waals surface area contributed by atoms with Gasteiger partial charge in [-0.25, -0.2) is 4.98 Å². The van der Waals surface area contributed by atoms with E-state index in [4.69, 9.17) is 9.97 Å². The molecule has 3 aromatic heterocycles. The van der Waals surface area contributed by atoms with Crippen molar-refractivity contribution in [2.24, 2.45) is 7.05 Å². The molecule has 0 saturated carbocycles. The molecule has 0 atom stereocenters. The predicted molar refractivity (Wildman–Crippen MR) is 215 cm³/mol. The van der Waals surface area contributed by atoms with Gasteiger partial charge in [0.2, 0.25) is 0 Å². The second kappa shape index (κ2) is 11.4. The summed E-state index contributed by atoms with van der Waals surface area (Å²) >= 11 is 0. The molecule has 256 valence electrons. The first-order valence-electron chi connectivity index (χ1n) is 18.3. The number of aromatic nitrogens is 4. The number of para-hydroxylation sites is 1. The first-order chi connectivity index (χ1) is 25.0. The molecule has 0 unspecified atom stereocenters. The highest BCUT2D eigenvalue weighted by Gasteiger charge is 2.48. The molecule has 0 N–H and O–H groups in total. The molecule has 1 aliphatic carbocycles. The fourth-order valence-electron chi connectivity index (χ4n) is 8.50. The minimum Gasteiger partial charge on any atom is -0.334 e. The molecule has 0 radical (unpaired) electrons. The van der Waals surface area contributed by atoms with E-state index in [2.05, 4.69) is 173 Å². The van der Waals surface area contributed by atoms with Gasteiger partial charge in [-0.3, -0.25) is 4.98 Å². The van der Waals surface area contributed by atoms with Gasteiger partial charge in [-0.2, -0.15) is 0 Å². The minimum atomic E-state index is -0.619. The Balaban J connectivity index is 1.36. The second-order valence-electron chi connectivity index (χ2n) is 16.5. The fraction of sp³-hybridized carbons (Fsp3) is 0.208. The quantitative estimate of drug-likeness (QED) is 0.186. The molecule has 0 bridgehead atoms. The number of nitrogens with zero attached hydrogens (tertiary/aromatic N) is 4. The maximum absolute atomic E-state index is 5.17. The molecule has 52 heavy (non-hydrogen) atoms. The normalized spacial score (nSPS) is 13.8. The van der Waals surface area contributed by atoms with Crippen LogP contribution in [0.3, 0.4) is 0 Å². The van der Waals surface area contributed by atoms with Crippen LogP contribution in [0.2, 0.25) is 0 Å². The molecule has 3 heterocycles. The van der Waals surface area contributed by atoms with E-state index in [1.807, 2.05) is 24.7 Å². The standard InChI is InChI=1S/C48H44N4/c1-46(2,3)32-19-22-40-38(29-32)39-30-33(47(4,5)6)20-23-41(39)48(40,44-17-10-11-24-49-44)34-13-12-14-35(28-34)52-42-16-9-8-15-36(42)37-21-18-31(27-43(37)52)45-50-25-26-51(45)7/h8-30H,1-7H3. The summed E-state index contributed by atoms with van der Waals surface area (Å²) in [6.45, 7) is 13.8. The number of hydrogen-bond donors (Lipinski definition) is 0. The Morgan fingerprint density at radius 3 is 1.87 bits per heavy atom. The van der Waals surface area contributed by atoms with E-state index in [0.29, 0.717) is 0 Å². The van der Waals surface area contributed by atoms with Gasteiger partial charge >= 0.3 is 0 Å². The van der Waals surface area contributed by atoms with E-state index in [0.717, 1.165) is 28.3 Å². The van der Waals surface area contributed by atoms with E-state index in [-0.39, 0.29) is 10.8 Å². The Morgan fingerprint density at radius 2 is 1.23 bits per heavy atom. The van der Waals surface area contributed by atoms with E-state index >= 15 is 0 Å². The first-order valence-corrected chi connectivity index (χ1v) is 18.3. The van der Waals surface area contributed by atoms with E-state index in [9.17, 15) is 0 Å². The predicted octanol–water partition coefficient (Wildman–Crippen LogP) is 11.5. The summed E-state index contributed by atoms with van der Waals surface area (Å²) in [5.41, 5.74) is 14.0. The van der Waals surface area contributed by atoms with E-state index < -0.39 is 5.41 Å². The lowest BCUT2D eigenvalue weighted by molar-refractivity contribution is 0.589. The average Bonchev–Trinajstić information content (AvgIpc) is 3.81. The third-order valence-electron chi connectivity index (χ3n) is 11.2. The average molecular weight is 677 g/mol. The van der Waals surface area contributed by atoms with Crippen LogP contribution in [0.1, 0.15) is 75.1 Å². The summed E-state index contributed by atoms with van der Waals surface area (Å²) in [4.78, 5) is 9.86. The topological polar surface area (TPSA) is 35.6 Å². The smallest absolute Gasteiger partial charge is 0.139 e. The third kappa shape index (κ3) is 4.74.